The number of primary amides is 1. The van der Waals surface area contributed by atoms with Crippen molar-refractivity contribution in [1.29, 1.82) is 0 Å². The Morgan fingerprint density at radius 1 is 1.09 bits per heavy atom. The molecule has 0 bridgehead atoms. The standard InChI is InChI=1S/C28H38N4O2/c1-17(2)18-8-10-19(11-9-18)30-26-31-23-22(13-12-21(25(29)33)24(23)34-7)32(26)20-14-27(3,4)16-28(5,6)15-20/h8-13,17,20H,14-16H2,1-7H3,(H2,29,33)(H,30,31). The molecule has 3 aromatic rings. The first-order valence-corrected chi connectivity index (χ1v) is 12.2. The Hall–Kier alpha value is -3.02. The molecule has 0 saturated heterocycles. The van der Waals surface area contributed by atoms with E-state index in [0.29, 0.717) is 22.7 Å². The van der Waals surface area contributed by atoms with Crippen molar-refractivity contribution < 1.29 is 9.53 Å². The quantitative estimate of drug-likeness (QED) is 0.422. The summed E-state index contributed by atoms with van der Waals surface area (Å²) in [6.45, 7) is 13.8. The van der Waals surface area contributed by atoms with E-state index in [4.69, 9.17) is 15.5 Å². The third kappa shape index (κ3) is 4.63. The highest BCUT2D eigenvalue weighted by Crippen LogP contribution is 2.51. The molecule has 0 spiro atoms. The van der Waals surface area contributed by atoms with E-state index in [1.807, 2.05) is 6.07 Å². The molecule has 1 saturated carbocycles. The number of fused-ring (bicyclic) bond motifs is 1. The molecule has 3 N–H and O–H groups in total. The molecule has 182 valence electrons. The largest absolute Gasteiger partial charge is 0.494 e. The van der Waals surface area contributed by atoms with E-state index in [-0.39, 0.29) is 16.9 Å². The average molecular weight is 463 g/mol. The van der Waals surface area contributed by atoms with Gasteiger partial charge in [0, 0.05) is 11.7 Å². The maximum absolute atomic E-state index is 12.1. The van der Waals surface area contributed by atoms with E-state index < -0.39 is 5.91 Å². The van der Waals surface area contributed by atoms with Crippen LogP contribution in [-0.4, -0.2) is 22.6 Å². The number of rotatable bonds is 6. The van der Waals surface area contributed by atoms with Crippen molar-refractivity contribution >= 4 is 28.6 Å². The summed E-state index contributed by atoms with van der Waals surface area (Å²) in [5.41, 5.74) is 10.3. The number of hydrogen-bond donors (Lipinski definition) is 2. The van der Waals surface area contributed by atoms with Gasteiger partial charge in [0.15, 0.2) is 5.75 Å². The molecule has 0 atom stereocenters. The van der Waals surface area contributed by atoms with Crippen molar-refractivity contribution in [2.45, 2.75) is 72.8 Å². The zero-order valence-electron chi connectivity index (χ0n) is 21.5. The van der Waals surface area contributed by atoms with Crippen molar-refractivity contribution in [3.05, 3.63) is 47.5 Å². The van der Waals surface area contributed by atoms with E-state index in [1.54, 1.807) is 13.2 Å². The SMILES string of the molecule is COc1c(C(N)=O)ccc2c1nc(Nc1ccc(C(C)C)cc1)n2C1CC(C)(C)CC(C)(C)C1. The van der Waals surface area contributed by atoms with Gasteiger partial charge < -0.3 is 20.4 Å². The Bertz CT molecular complexity index is 1190. The number of anilines is 2. The second-order valence-corrected chi connectivity index (χ2v) is 11.7. The molecule has 34 heavy (non-hydrogen) atoms. The van der Waals surface area contributed by atoms with Crippen LogP contribution in [-0.2, 0) is 0 Å². The van der Waals surface area contributed by atoms with Crippen molar-refractivity contribution in [3.8, 4) is 5.75 Å². The zero-order chi connectivity index (χ0) is 24.8. The summed E-state index contributed by atoms with van der Waals surface area (Å²) < 4.78 is 7.95. The van der Waals surface area contributed by atoms with Gasteiger partial charge in [-0.05, 0) is 65.8 Å². The fraction of sp³-hybridized carbons (Fsp3) is 0.500. The first-order valence-electron chi connectivity index (χ1n) is 12.2. The molecule has 0 unspecified atom stereocenters. The number of nitrogens with zero attached hydrogens (tertiary/aromatic N) is 2. The molecular weight excluding hydrogens is 424 g/mol. The van der Waals surface area contributed by atoms with E-state index in [9.17, 15) is 4.79 Å². The predicted molar refractivity (Wildman–Crippen MR) is 139 cm³/mol. The van der Waals surface area contributed by atoms with Crippen LogP contribution >= 0.6 is 0 Å². The lowest BCUT2D eigenvalue weighted by atomic mass is 9.63. The minimum Gasteiger partial charge on any atom is -0.494 e. The molecular formula is C28H38N4O2. The Labute approximate surface area is 202 Å². The second kappa shape index (κ2) is 8.64. The lowest BCUT2D eigenvalue weighted by molar-refractivity contribution is 0.0746. The van der Waals surface area contributed by atoms with Gasteiger partial charge in [-0.15, -0.1) is 0 Å². The molecule has 2 aromatic carbocycles. The molecule has 4 rings (SSSR count). The van der Waals surface area contributed by atoms with Crippen LogP contribution in [0.15, 0.2) is 36.4 Å². The number of nitrogens with one attached hydrogen (secondary N) is 1. The third-order valence-corrected chi connectivity index (χ3v) is 7.02. The highest BCUT2D eigenvalue weighted by Gasteiger charge is 2.40. The molecule has 1 heterocycles. The summed E-state index contributed by atoms with van der Waals surface area (Å²) in [5, 5.41) is 3.56. The smallest absolute Gasteiger partial charge is 0.252 e. The molecule has 1 aliphatic rings. The van der Waals surface area contributed by atoms with E-state index in [1.165, 1.54) is 12.0 Å². The Balaban J connectivity index is 1.88. The van der Waals surface area contributed by atoms with E-state index in [0.717, 1.165) is 30.0 Å². The summed E-state index contributed by atoms with van der Waals surface area (Å²) in [5.74, 6) is 1.14. The number of ether oxygens (including phenoxy) is 1. The molecule has 1 fully saturated rings. The molecule has 0 aliphatic heterocycles. The fourth-order valence-corrected chi connectivity index (χ4v) is 6.05. The Morgan fingerprint density at radius 2 is 1.71 bits per heavy atom. The lowest BCUT2D eigenvalue weighted by Crippen LogP contribution is -2.35. The molecule has 1 amide bonds. The summed E-state index contributed by atoms with van der Waals surface area (Å²) in [6, 6.07) is 12.5. The predicted octanol–water partition coefficient (Wildman–Crippen LogP) is 6.79. The summed E-state index contributed by atoms with van der Waals surface area (Å²) in [6.07, 6.45) is 3.27. The Kier molecular flexibility index (Phi) is 6.13. The molecule has 6 nitrogen and oxygen atoms in total. The number of benzene rings is 2. The third-order valence-electron chi connectivity index (χ3n) is 7.02. The van der Waals surface area contributed by atoms with Crippen molar-refractivity contribution in [2.24, 2.45) is 16.6 Å². The van der Waals surface area contributed by atoms with Crippen molar-refractivity contribution in [1.82, 2.24) is 9.55 Å². The number of hydrogen-bond acceptors (Lipinski definition) is 4. The van der Waals surface area contributed by atoms with E-state index in [2.05, 4.69) is 75.7 Å². The van der Waals surface area contributed by atoms with Crippen LogP contribution < -0.4 is 15.8 Å². The van der Waals surface area contributed by atoms with Crippen LogP contribution in [0.5, 0.6) is 5.75 Å². The fourth-order valence-electron chi connectivity index (χ4n) is 6.05. The van der Waals surface area contributed by atoms with Crippen LogP contribution in [0.25, 0.3) is 11.0 Å². The van der Waals surface area contributed by atoms with Gasteiger partial charge in [-0.2, -0.15) is 0 Å². The monoisotopic (exact) mass is 462 g/mol. The highest BCUT2D eigenvalue weighted by atomic mass is 16.5. The van der Waals surface area contributed by atoms with Gasteiger partial charge in [0.1, 0.15) is 5.52 Å². The zero-order valence-corrected chi connectivity index (χ0v) is 21.5. The van der Waals surface area contributed by atoms with Crippen molar-refractivity contribution in [2.75, 3.05) is 12.4 Å². The second-order valence-electron chi connectivity index (χ2n) is 11.7. The van der Waals surface area contributed by atoms with Crippen LogP contribution in [0.1, 0.15) is 88.7 Å². The van der Waals surface area contributed by atoms with Gasteiger partial charge in [-0.3, -0.25) is 4.79 Å². The van der Waals surface area contributed by atoms with Crippen molar-refractivity contribution in [3.63, 3.8) is 0 Å². The number of amides is 1. The van der Waals surface area contributed by atoms with Gasteiger partial charge in [-0.25, -0.2) is 4.98 Å². The van der Waals surface area contributed by atoms with Gasteiger partial charge in [0.05, 0.1) is 18.2 Å². The Morgan fingerprint density at radius 3 is 2.24 bits per heavy atom. The van der Waals surface area contributed by atoms with Gasteiger partial charge >= 0.3 is 0 Å². The maximum Gasteiger partial charge on any atom is 0.252 e. The lowest BCUT2D eigenvalue weighted by Gasteiger charge is -2.45. The minimum absolute atomic E-state index is 0.205. The first-order chi connectivity index (χ1) is 15.9. The number of methoxy groups -OCH3 is 1. The first kappa shape index (κ1) is 24.1. The molecule has 6 heteroatoms. The number of nitrogens with two attached hydrogens (primary N) is 1. The maximum atomic E-state index is 12.1. The van der Waals surface area contributed by atoms with Crippen LogP contribution in [0, 0.1) is 10.8 Å². The average Bonchev–Trinajstić information content (AvgIpc) is 3.09. The van der Waals surface area contributed by atoms with Gasteiger partial charge in [-0.1, -0.05) is 53.7 Å². The van der Waals surface area contributed by atoms with Crippen LogP contribution in [0.2, 0.25) is 0 Å². The summed E-state index contributed by atoms with van der Waals surface area (Å²) in [4.78, 5) is 17.0. The van der Waals surface area contributed by atoms with E-state index >= 15 is 0 Å². The van der Waals surface area contributed by atoms with Gasteiger partial charge in [0.2, 0.25) is 5.95 Å². The van der Waals surface area contributed by atoms with Gasteiger partial charge in [0.25, 0.3) is 5.91 Å². The highest BCUT2D eigenvalue weighted by molar-refractivity contribution is 6.02. The molecule has 1 aromatic heterocycles. The number of carbonyl (C=O) groups excluding carboxylic acids is 1. The van der Waals surface area contributed by atoms with Crippen LogP contribution in [0.4, 0.5) is 11.6 Å². The molecule has 1 aliphatic carbocycles. The number of carbonyl (C=O) groups is 1. The number of imidazole rings is 1. The number of aromatic nitrogens is 2. The molecule has 0 radical (unpaired) electrons. The summed E-state index contributed by atoms with van der Waals surface area (Å²) in [7, 11) is 1.56. The minimum atomic E-state index is -0.521. The normalized spacial score (nSPS) is 17.8. The topological polar surface area (TPSA) is 82.2 Å². The van der Waals surface area contributed by atoms with Crippen LogP contribution in [0.3, 0.4) is 0 Å². The summed E-state index contributed by atoms with van der Waals surface area (Å²) >= 11 is 0.